The molecule has 16 heavy (non-hydrogen) atoms. The van der Waals surface area contributed by atoms with Crippen LogP contribution in [0.4, 0.5) is 0 Å². The number of carbonyl (C=O) groups is 1. The Morgan fingerprint density at radius 2 is 1.75 bits per heavy atom. The first-order valence-corrected chi connectivity index (χ1v) is 5.90. The highest BCUT2D eigenvalue weighted by atomic mass is 16.1. The summed E-state index contributed by atoms with van der Waals surface area (Å²) in [7, 11) is 2.07. The summed E-state index contributed by atoms with van der Waals surface area (Å²) in [6.07, 6.45) is 2.61. The third-order valence-corrected chi connectivity index (χ3v) is 2.71. The number of Topliss-reactive ketones (excluding diaryl/α,β-unsaturated/α-hetero) is 1. The number of carbonyl (C=O) groups excluding carboxylic acids is 1. The zero-order valence-corrected chi connectivity index (χ0v) is 10.3. The number of aryl methyl sites for hydroxylation is 1. The van der Waals surface area contributed by atoms with Crippen molar-refractivity contribution in [1.82, 2.24) is 4.90 Å². The van der Waals surface area contributed by atoms with Gasteiger partial charge in [-0.3, -0.25) is 4.79 Å². The predicted octanol–water partition coefficient (Wildman–Crippen LogP) is 2.67. The van der Waals surface area contributed by atoms with Crippen LogP contribution >= 0.6 is 0 Å². The lowest BCUT2D eigenvalue weighted by Crippen LogP contribution is -2.18. The number of likely N-dealkylation sites (tertiary alicyclic amines) is 1. The van der Waals surface area contributed by atoms with E-state index in [1.54, 1.807) is 0 Å². The Labute approximate surface area is 98.3 Å². The highest BCUT2D eigenvalue weighted by molar-refractivity contribution is 5.78. The monoisotopic (exact) mass is 219 g/mol. The van der Waals surface area contributed by atoms with E-state index in [9.17, 15) is 4.79 Å². The molecule has 2 heteroatoms. The van der Waals surface area contributed by atoms with Gasteiger partial charge in [0.25, 0.3) is 0 Å². The van der Waals surface area contributed by atoms with Gasteiger partial charge in [-0.15, -0.1) is 0 Å². The summed E-state index contributed by atoms with van der Waals surface area (Å²) < 4.78 is 0. The minimum atomic E-state index is 0.430. The zero-order chi connectivity index (χ0) is 11.8. The van der Waals surface area contributed by atoms with E-state index in [1.807, 2.05) is 18.2 Å². The highest BCUT2D eigenvalue weighted by Gasteiger charge is 2.09. The molecule has 0 radical (unpaired) electrons. The minimum absolute atomic E-state index is 0.430. The Bertz CT molecular complexity index is 308. The van der Waals surface area contributed by atoms with Crippen LogP contribution in [0.15, 0.2) is 30.3 Å². The van der Waals surface area contributed by atoms with E-state index in [0.717, 1.165) is 32.4 Å². The quantitative estimate of drug-likeness (QED) is 0.668. The molecule has 1 heterocycles. The van der Waals surface area contributed by atoms with Crippen LogP contribution in [-0.4, -0.2) is 30.8 Å². The molecule has 0 aromatic heterocycles. The molecule has 1 fully saturated rings. The molecule has 0 spiro atoms. The summed E-state index contributed by atoms with van der Waals surface area (Å²) in [6, 6.07) is 10.3. The molecule has 0 amide bonds. The van der Waals surface area contributed by atoms with Crippen LogP contribution in [0.5, 0.6) is 0 Å². The van der Waals surface area contributed by atoms with Gasteiger partial charge in [-0.25, -0.2) is 0 Å². The van der Waals surface area contributed by atoms with Crippen LogP contribution in [0.1, 0.15) is 24.8 Å². The lowest BCUT2D eigenvalue weighted by atomic mass is 10.2. The van der Waals surface area contributed by atoms with Crippen LogP contribution in [-0.2, 0) is 4.79 Å². The molecular formula is C14H21NO. The molecule has 2 rings (SSSR count). The fourth-order valence-corrected chi connectivity index (χ4v) is 1.63. The Balaban J connectivity index is 0.000000165. The van der Waals surface area contributed by atoms with E-state index in [2.05, 4.69) is 31.0 Å². The van der Waals surface area contributed by atoms with Crippen molar-refractivity contribution in [2.75, 3.05) is 20.1 Å². The van der Waals surface area contributed by atoms with Crippen molar-refractivity contribution in [2.45, 2.75) is 26.2 Å². The Kier molecular flexibility index (Phi) is 5.79. The molecule has 2 nitrogen and oxygen atoms in total. The highest BCUT2D eigenvalue weighted by Crippen LogP contribution is 2.03. The molecular weight excluding hydrogens is 198 g/mol. The smallest absolute Gasteiger partial charge is 0.134 e. The maximum absolute atomic E-state index is 10.8. The normalized spacial score (nSPS) is 17.2. The lowest BCUT2D eigenvalue weighted by molar-refractivity contribution is -0.118. The second-order valence-electron chi connectivity index (χ2n) is 4.35. The third kappa shape index (κ3) is 5.66. The average molecular weight is 219 g/mol. The standard InChI is InChI=1S/C7H13NO.C7H8/c1-8-5-2-3-7(9)4-6-8;1-7-5-3-2-4-6-7/h2-6H2,1H3;2-6H,1H3. The van der Waals surface area contributed by atoms with E-state index in [1.165, 1.54) is 5.56 Å². The third-order valence-electron chi connectivity index (χ3n) is 2.71. The molecule has 0 saturated carbocycles. The minimum Gasteiger partial charge on any atom is -0.306 e. The zero-order valence-electron chi connectivity index (χ0n) is 10.3. The largest absolute Gasteiger partial charge is 0.306 e. The van der Waals surface area contributed by atoms with E-state index >= 15 is 0 Å². The number of rotatable bonds is 0. The van der Waals surface area contributed by atoms with Crippen molar-refractivity contribution in [3.63, 3.8) is 0 Å². The molecule has 1 saturated heterocycles. The number of benzene rings is 1. The van der Waals surface area contributed by atoms with Gasteiger partial charge in [0.15, 0.2) is 0 Å². The van der Waals surface area contributed by atoms with Crippen LogP contribution in [0.25, 0.3) is 0 Å². The summed E-state index contributed by atoms with van der Waals surface area (Å²) in [5.41, 5.74) is 1.32. The molecule has 0 aliphatic carbocycles. The fraction of sp³-hybridized carbons (Fsp3) is 0.500. The van der Waals surface area contributed by atoms with E-state index in [0.29, 0.717) is 5.78 Å². The van der Waals surface area contributed by atoms with Crippen LogP contribution in [0.3, 0.4) is 0 Å². The number of nitrogens with zero attached hydrogens (tertiary/aromatic N) is 1. The van der Waals surface area contributed by atoms with E-state index < -0.39 is 0 Å². The molecule has 1 aromatic rings. The summed E-state index contributed by atoms with van der Waals surface area (Å²) in [5.74, 6) is 0.430. The first kappa shape index (κ1) is 12.9. The molecule has 0 atom stereocenters. The maximum atomic E-state index is 10.8. The Morgan fingerprint density at radius 1 is 1.06 bits per heavy atom. The second-order valence-corrected chi connectivity index (χ2v) is 4.35. The van der Waals surface area contributed by atoms with Gasteiger partial charge in [0.1, 0.15) is 5.78 Å². The average Bonchev–Trinajstić information content (AvgIpc) is 2.46. The Hall–Kier alpha value is -1.15. The molecule has 0 unspecified atom stereocenters. The van der Waals surface area contributed by atoms with Gasteiger partial charge in [-0.05, 0) is 26.9 Å². The lowest BCUT2D eigenvalue weighted by Gasteiger charge is -2.09. The molecule has 1 aromatic carbocycles. The summed E-state index contributed by atoms with van der Waals surface area (Å²) in [6.45, 7) is 4.13. The fourth-order valence-electron chi connectivity index (χ4n) is 1.63. The van der Waals surface area contributed by atoms with Gasteiger partial charge < -0.3 is 4.90 Å². The maximum Gasteiger partial charge on any atom is 0.134 e. The van der Waals surface area contributed by atoms with Crippen molar-refractivity contribution in [3.05, 3.63) is 35.9 Å². The van der Waals surface area contributed by atoms with Crippen molar-refractivity contribution in [1.29, 1.82) is 0 Å². The van der Waals surface area contributed by atoms with Gasteiger partial charge in [0.05, 0.1) is 0 Å². The number of ketones is 1. The van der Waals surface area contributed by atoms with Crippen molar-refractivity contribution in [2.24, 2.45) is 0 Å². The van der Waals surface area contributed by atoms with Gasteiger partial charge in [-0.2, -0.15) is 0 Å². The predicted molar refractivity (Wildman–Crippen MR) is 67.5 cm³/mol. The van der Waals surface area contributed by atoms with Crippen molar-refractivity contribution in [3.8, 4) is 0 Å². The molecule has 88 valence electrons. The topological polar surface area (TPSA) is 20.3 Å². The summed E-state index contributed by atoms with van der Waals surface area (Å²) in [5, 5.41) is 0. The number of hydrogen-bond acceptors (Lipinski definition) is 2. The van der Waals surface area contributed by atoms with Crippen LogP contribution < -0.4 is 0 Å². The first-order chi connectivity index (χ1) is 7.68. The summed E-state index contributed by atoms with van der Waals surface area (Å²) in [4.78, 5) is 13.0. The summed E-state index contributed by atoms with van der Waals surface area (Å²) >= 11 is 0. The number of hydrogen-bond donors (Lipinski definition) is 0. The van der Waals surface area contributed by atoms with Gasteiger partial charge in [-0.1, -0.05) is 35.9 Å². The SMILES string of the molecule is CN1CCCC(=O)CC1.Cc1ccccc1. The second kappa shape index (κ2) is 7.18. The Morgan fingerprint density at radius 3 is 2.31 bits per heavy atom. The van der Waals surface area contributed by atoms with Gasteiger partial charge >= 0.3 is 0 Å². The van der Waals surface area contributed by atoms with E-state index in [4.69, 9.17) is 0 Å². The van der Waals surface area contributed by atoms with Crippen LogP contribution in [0.2, 0.25) is 0 Å². The first-order valence-electron chi connectivity index (χ1n) is 5.90. The van der Waals surface area contributed by atoms with Crippen molar-refractivity contribution >= 4 is 5.78 Å². The van der Waals surface area contributed by atoms with Gasteiger partial charge in [0, 0.05) is 19.4 Å². The molecule has 1 aliphatic heterocycles. The molecule has 0 bridgehead atoms. The van der Waals surface area contributed by atoms with Crippen molar-refractivity contribution < 1.29 is 4.79 Å². The van der Waals surface area contributed by atoms with E-state index in [-0.39, 0.29) is 0 Å². The van der Waals surface area contributed by atoms with Gasteiger partial charge in [0.2, 0.25) is 0 Å². The molecule has 1 aliphatic rings. The van der Waals surface area contributed by atoms with Crippen LogP contribution in [0, 0.1) is 6.92 Å². The molecule has 0 N–H and O–H groups in total.